The summed E-state index contributed by atoms with van der Waals surface area (Å²) in [4.78, 5) is 4.49. The number of nitriles is 1. The van der Waals surface area contributed by atoms with E-state index >= 15 is 0 Å². The minimum absolute atomic E-state index is 0.00254. The molecule has 0 atom stereocenters. The lowest BCUT2D eigenvalue weighted by Gasteiger charge is -2.11. The second-order valence-electron chi connectivity index (χ2n) is 6.46. The number of aromatic nitrogens is 2. The summed E-state index contributed by atoms with van der Waals surface area (Å²) in [5.41, 5.74) is 4.48. The Labute approximate surface area is 151 Å². The van der Waals surface area contributed by atoms with Crippen molar-refractivity contribution in [1.82, 2.24) is 10.1 Å². The van der Waals surface area contributed by atoms with Gasteiger partial charge in [0.1, 0.15) is 11.8 Å². The van der Waals surface area contributed by atoms with Crippen LogP contribution >= 0.6 is 0 Å². The largest absolute Gasteiger partial charge is 0.490 e. The number of benzene rings is 2. The number of nitrogens with zero attached hydrogens (tertiary/aromatic N) is 3. The summed E-state index contributed by atoms with van der Waals surface area (Å²) >= 11 is 0. The zero-order valence-corrected chi connectivity index (χ0v) is 14.6. The highest BCUT2D eigenvalue weighted by molar-refractivity contribution is 5.67. The van der Waals surface area contributed by atoms with Gasteiger partial charge in [0.2, 0.25) is 5.82 Å². The molecule has 26 heavy (non-hydrogen) atoms. The maximum Gasteiger partial charge on any atom is 0.258 e. The summed E-state index contributed by atoms with van der Waals surface area (Å²) in [6.07, 6.45) is 0.994. The fourth-order valence-corrected chi connectivity index (χ4v) is 3.01. The maximum atomic E-state index is 9.37. The van der Waals surface area contributed by atoms with Crippen molar-refractivity contribution in [3.05, 3.63) is 47.5 Å². The van der Waals surface area contributed by atoms with Gasteiger partial charge in [-0.2, -0.15) is 10.2 Å². The van der Waals surface area contributed by atoms with Gasteiger partial charge in [0.25, 0.3) is 5.89 Å². The molecule has 2 heterocycles. The Bertz CT molecular complexity index is 1000. The summed E-state index contributed by atoms with van der Waals surface area (Å²) < 4.78 is 11.1. The molecule has 0 unspecified atom stereocenters. The van der Waals surface area contributed by atoms with E-state index < -0.39 is 0 Å². The molecule has 6 heteroatoms. The van der Waals surface area contributed by atoms with E-state index in [1.165, 1.54) is 5.56 Å². The van der Waals surface area contributed by atoms with E-state index in [2.05, 4.69) is 27.6 Å². The molecule has 1 aromatic heterocycles. The first kappa shape index (κ1) is 16.2. The van der Waals surface area contributed by atoms with Crippen molar-refractivity contribution in [2.24, 2.45) is 0 Å². The molecule has 1 aliphatic rings. The second-order valence-corrected chi connectivity index (χ2v) is 6.46. The van der Waals surface area contributed by atoms with Crippen LogP contribution in [0.3, 0.4) is 0 Å². The van der Waals surface area contributed by atoms with Gasteiger partial charge in [0.15, 0.2) is 0 Å². The van der Waals surface area contributed by atoms with Crippen LogP contribution in [-0.4, -0.2) is 22.8 Å². The topological polar surface area (TPSA) is 84.0 Å². The molecule has 3 aromatic rings. The lowest BCUT2D eigenvalue weighted by molar-refractivity contribution is 0.242. The highest BCUT2D eigenvalue weighted by Gasteiger charge is 2.16. The van der Waals surface area contributed by atoms with Gasteiger partial charge in [-0.1, -0.05) is 5.16 Å². The highest BCUT2D eigenvalue weighted by atomic mass is 16.5. The Kier molecular flexibility index (Phi) is 4.05. The Morgan fingerprint density at radius 2 is 2.04 bits per heavy atom. The van der Waals surface area contributed by atoms with Crippen LogP contribution in [0.1, 0.15) is 25.0 Å². The van der Waals surface area contributed by atoms with Crippen LogP contribution in [0.5, 0.6) is 5.75 Å². The van der Waals surface area contributed by atoms with Gasteiger partial charge in [-0.25, -0.2) is 0 Å². The van der Waals surface area contributed by atoms with Crippen LogP contribution in [0, 0.1) is 11.3 Å². The van der Waals surface area contributed by atoms with Gasteiger partial charge in [0, 0.05) is 23.4 Å². The lowest BCUT2D eigenvalue weighted by Crippen LogP contribution is -2.06. The standard InChI is InChI=1S/C20H18N4O2/c1-12(2)25-18-6-4-15(10-16(18)11-21)20-23-19(24-26-20)14-3-5-17-13(9-14)7-8-22-17/h3-6,9-10,12,22H,7-8H2,1-2H3. The average molecular weight is 346 g/mol. The predicted octanol–water partition coefficient (Wildman–Crippen LogP) is 4.03. The number of hydrogen-bond donors (Lipinski definition) is 1. The molecule has 4 rings (SSSR count). The van der Waals surface area contributed by atoms with Crippen molar-refractivity contribution in [3.63, 3.8) is 0 Å². The van der Waals surface area contributed by atoms with E-state index in [1.807, 2.05) is 32.0 Å². The quantitative estimate of drug-likeness (QED) is 0.768. The van der Waals surface area contributed by atoms with Crippen LogP contribution in [0.25, 0.3) is 22.8 Å². The third kappa shape index (κ3) is 3.00. The van der Waals surface area contributed by atoms with Crippen LogP contribution in [0.15, 0.2) is 40.9 Å². The molecule has 1 aliphatic heterocycles. The van der Waals surface area contributed by atoms with Crippen molar-refractivity contribution in [2.45, 2.75) is 26.4 Å². The van der Waals surface area contributed by atoms with Crippen molar-refractivity contribution in [2.75, 3.05) is 11.9 Å². The molecule has 130 valence electrons. The molecule has 1 N–H and O–H groups in total. The van der Waals surface area contributed by atoms with Crippen LogP contribution in [0.2, 0.25) is 0 Å². The molecular formula is C20H18N4O2. The first-order chi connectivity index (χ1) is 12.6. The van der Waals surface area contributed by atoms with Crippen LogP contribution < -0.4 is 10.1 Å². The Hall–Kier alpha value is -3.33. The first-order valence-electron chi connectivity index (χ1n) is 8.56. The number of fused-ring (bicyclic) bond motifs is 1. The summed E-state index contributed by atoms with van der Waals surface area (Å²) in [6, 6.07) is 13.6. The van der Waals surface area contributed by atoms with Crippen molar-refractivity contribution >= 4 is 5.69 Å². The zero-order chi connectivity index (χ0) is 18.1. The summed E-state index contributed by atoms with van der Waals surface area (Å²) in [5, 5.41) is 16.8. The monoisotopic (exact) mass is 346 g/mol. The molecule has 6 nitrogen and oxygen atoms in total. The molecule has 0 spiro atoms. The van der Waals surface area contributed by atoms with Gasteiger partial charge in [-0.3, -0.25) is 0 Å². The van der Waals surface area contributed by atoms with Gasteiger partial charge >= 0.3 is 0 Å². The zero-order valence-electron chi connectivity index (χ0n) is 14.6. The normalized spacial score (nSPS) is 12.5. The molecule has 0 saturated heterocycles. The molecule has 0 radical (unpaired) electrons. The minimum Gasteiger partial charge on any atom is -0.490 e. The van der Waals surface area contributed by atoms with E-state index in [0.717, 1.165) is 24.2 Å². The summed E-state index contributed by atoms with van der Waals surface area (Å²) in [5.74, 6) is 1.47. The highest BCUT2D eigenvalue weighted by Crippen LogP contribution is 2.30. The Morgan fingerprint density at radius 3 is 2.85 bits per heavy atom. The van der Waals surface area contributed by atoms with E-state index in [0.29, 0.717) is 28.6 Å². The number of rotatable bonds is 4. The summed E-state index contributed by atoms with van der Waals surface area (Å²) in [6.45, 7) is 4.80. The van der Waals surface area contributed by atoms with Crippen molar-refractivity contribution < 1.29 is 9.26 Å². The average Bonchev–Trinajstić information content (AvgIpc) is 3.30. The van der Waals surface area contributed by atoms with Gasteiger partial charge in [0.05, 0.1) is 11.7 Å². The molecule has 0 bridgehead atoms. The third-order valence-electron chi connectivity index (χ3n) is 4.21. The molecule has 2 aromatic carbocycles. The molecule has 0 fully saturated rings. The van der Waals surface area contributed by atoms with E-state index in [4.69, 9.17) is 9.26 Å². The lowest BCUT2D eigenvalue weighted by atomic mass is 10.1. The fraction of sp³-hybridized carbons (Fsp3) is 0.250. The number of nitrogens with one attached hydrogen (secondary N) is 1. The second kappa shape index (κ2) is 6.52. The van der Waals surface area contributed by atoms with Gasteiger partial charge in [-0.15, -0.1) is 0 Å². The first-order valence-corrected chi connectivity index (χ1v) is 8.56. The Morgan fingerprint density at radius 1 is 1.19 bits per heavy atom. The van der Waals surface area contributed by atoms with Crippen LogP contribution in [0.4, 0.5) is 5.69 Å². The van der Waals surface area contributed by atoms with Gasteiger partial charge in [-0.05, 0) is 62.2 Å². The molecule has 0 saturated carbocycles. The van der Waals surface area contributed by atoms with E-state index in [1.54, 1.807) is 12.1 Å². The van der Waals surface area contributed by atoms with Crippen molar-refractivity contribution in [1.29, 1.82) is 5.26 Å². The number of anilines is 1. The van der Waals surface area contributed by atoms with Crippen molar-refractivity contribution in [3.8, 4) is 34.7 Å². The summed E-state index contributed by atoms with van der Waals surface area (Å²) in [7, 11) is 0. The van der Waals surface area contributed by atoms with Gasteiger partial charge < -0.3 is 14.6 Å². The Balaban J connectivity index is 1.65. The molecule has 0 aliphatic carbocycles. The fourth-order valence-electron chi connectivity index (χ4n) is 3.01. The maximum absolute atomic E-state index is 9.37. The minimum atomic E-state index is -0.00254. The smallest absolute Gasteiger partial charge is 0.258 e. The number of ether oxygens (including phenoxy) is 1. The third-order valence-corrected chi connectivity index (χ3v) is 4.21. The molecular weight excluding hydrogens is 328 g/mol. The van der Waals surface area contributed by atoms with E-state index in [-0.39, 0.29) is 6.10 Å². The number of hydrogen-bond acceptors (Lipinski definition) is 6. The predicted molar refractivity (Wildman–Crippen MR) is 97.8 cm³/mol. The van der Waals surface area contributed by atoms with Crippen LogP contribution in [-0.2, 0) is 6.42 Å². The van der Waals surface area contributed by atoms with E-state index in [9.17, 15) is 5.26 Å². The SMILES string of the molecule is CC(C)Oc1ccc(-c2nc(-c3ccc4c(c3)CCN4)no2)cc1C#N. The molecule has 0 amide bonds.